The van der Waals surface area contributed by atoms with Gasteiger partial charge in [0.25, 0.3) is 5.91 Å². The number of anilines is 2. The number of fused-ring (bicyclic) bond motifs is 1. The summed E-state index contributed by atoms with van der Waals surface area (Å²) in [6.45, 7) is 0.637. The summed E-state index contributed by atoms with van der Waals surface area (Å²) in [4.78, 5) is 16.8. The van der Waals surface area contributed by atoms with Crippen molar-refractivity contribution in [3.63, 3.8) is 0 Å². The molecule has 2 aromatic carbocycles. The smallest absolute Gasteiger partial charge is 0.255 e. The third-order valence-corrected chi connectivity index (χ3v) is 4.98. The summed E-state index contributed by atoms with van der Waals surface area (Å²) in [6.07, 6.45) is 4.87. The van der Waals surface area contributed by atoms with Crippen LogP contribution in [0.25, 0.3) is 16.8 Å². The van der Waals surface area contributed by atoms with Gasteiger partial charge in [0.15, 0.2) is 5.82 Å². The zero-order chi connectivity index (χ0) is 21.2. The first-order valence-corrected chi connectivity index (χ1v) is 9.74. The van der Waals surface area contributed by atoms with Gasteiger partial charge in [0.05, 0.1) is 24.1 Å². The lowest BCUT2D eigenvalue weighted by Crippen LogP contribution is -2.11. The van der Waals surface area contributed by atoms with E-state index in [1.165, 1.54) is 6.33 Å². The number of benzene rings is 2. The standard InChI is InChI=1S/C23H19N7O/c24-22-21-10-9-20(30(21)27-15-25-22)17-7-4-8-18(11-17)23(31)28-19-12-26-29(14-19)13-16-5-2-1-3-6-16/h1-12,14-15H,13H2,(H,28,31)(H2,24,25,27). The van der Waals surface area contributed by atoms with Gasteiger partial charge in [-0.1, -0.05) is 42.5 Å². The normalized spacial score (nSPS) is 11.0. The van der Waals surface area contributed by atoms with Gasteiger partial charge in [-0.3, -0.25) is 9.48 Å². The van der Waals surface area contributed by atoms with Crippen LogP contribution in [0.4, 0.5) is 11.5 Å². The first kappa shape index (κ1) is 18.6. The van der Waals surface area contributed by atoms with E-state index in [0.29, 0.717) is 23.6 Å². The Bertz CT molecular complexity index is 1370. The Balaban J connectivity index is 1.35. The molecule has 0 aliphatic carbocycles. The molecule has 1 amide bonds. The molecule has 152 valence electrons. The van der Waals surface area contributed by atoms with Gasteiger partial charge in [-0.2, -0.15) is 10.2 Å². The van der Waals surface area contributed by atoms with Gasteiger partial charge in [-0.25, -0.2) is 9.50 Å². The summed E-state index contributed by atoms with van der Waals surface area (Å²) in [5.41, 5.74) is 10.6. The van der Waals surface area contributed by atoms with Crippen molar-refractivity contribution in [2.75, 3.05) is 11.1 Å². The van der Waals surface area contributed by atoms with Crippen LogP contribution in [0.15, 0.2) is 85.5 Å². The maximum atomic E-state index is 12.8. The highest BCUT2D eigenvalue weighted by atomic mass is 16.1. The van der Waals surface area contributed by atoms with Crippen LogP contribution >= 0.6 is 0 Å². The van der Waals surface area contributed by atoms with Crippen LogP contribution in [0.5, 0.6) is 0 Å². The van der Waals surface area contributed by atoms with Crippen LogP contribution in [0, 0.1) is 0 Å². The number of aromatic nitrogens is 5. The van der Waals surface area contributed by atoms with E-state index in [4.69, 9.17) is 5.73 Å². The van der Waals surface area contributed by atoms with Crippen molar-refractivity contribution in [3.8, 4) is 11.3 Å². The predicted molar refractivity (Wildman–Crippen MR) is 119 cm³/mol. The molecular weight excluding hydrogens is 390 g/mol. The van der Waals surface area contributed by atoms with Gasteiger partial charge in [0, 0.05) is 17.3 Å². The Morgan fingerprint density at radius 2 is 1.87 bits per heavy atom. The molecule has 0 atom stereocenters. The summed E-state index contributed by atoms with van der Waals surface area (Å²) < 4.78 is 3.51. The highest BCUT2D eigenvalue weighted by Crippen LogP contribution is 2.24. The number of nitrogens with zero attached hydrogens (tertiary/aromatic N) is 5. The van der Waals surface area contributed by atoms with E-state index >= 15 is 0 Å². The minimum Gasteiger partial charge on any atom is -0.382 e. The summed E-state index contributed by atoms with van der Waals surface area (Å²) in [5.74, 6) is 0.193. The lowest BCUT2D eigenvalue weighted by atomic mass is 10.1. The van der Waals surface area contributed by atoms with Crippen molar-refractivity contribution in [1.29, 1.82) is 0 Å². The first-order chi connectivity index (χ1) is 15.2. The monoisotopic (exact) mass is 409 g/mol. The van der Waals surface area contributed by atoms with Crippen LogP contribution in [0.3, 0.4) is 0 Å². The van der Waals surface area contributed by atoms with Crippen molar-refractivity contribution < 1.29 is 4.79 Å². The van der Waals surface area contributed by atoms with Crippen molar-refractivity contribution >= 4 is 22.9 Å². The fourth-order valence-corrected chi connectivity index (χ4v) is 3.48. The Kier molecular flexibility index (Phi) is 4.64. The Morgan fingerprint density at radius 3 is 2.74 bits per heavy atom. The van der Waals surface area contributed by atoms with Crippen molar-refractivity contribution in [2.24, 2.45) is 0 Å². The number of nitrogens with two attached hydrogens (primary N) is 1. The van der Waals surface area contributed by atoms with Crippen molar-refractivity contribution in [1.82, 2.24) is 24.4 Å². The first-order valence-electron chi connectivity index (χ1n) is 9.74. The minimum atomic E-state index is -0.212. The Labute approximate surface area is 178 Å². The average molecular weight is 409 g/mol. The molecular formula is C23H19N7O. The molecule has 0 saturated carbocycles. The largest absolute Gasteiger partial charge is 0.382 e. The minimum absolute atomic E-state index is 0.212. The molecule has 0 aliphatic rings. The van der Waals surface area contributed by atoms with Gasteiger partial charge in [0.1, 0.15) is 11.8 Å². The lowest BCUT2D eigenvalue weighted by Gasteiger charge is -2.06. The van der Waals surface area contributed by atoms with Crippen molar-refractivity contribution in [2.45, 2.75) is 6.54 Å². The summed E-state index contributed by atoms with van der Waals surface area (Å²) in [6, 6.07) is 21.2. The highest BCUT2D eigenvalue weighted by Gasteiger charge is 2.12. The van der Waals surface area contributed by atoms with E-state index in [1.807, 2.05) is 66.9 Å². The number of nitrogen functional groups attached to an aromatic ring is 1. The lowest BCUT2D eigenvalue weighted by molar-refractivity contribution is 0.102. The second-order valence-electron chi connectivity index (χ2n) is 7.11. The number of hydrogen-bond acceptors (Lipinski definition) is 5. The number of amides is 1. The maximum Gasteiger partial charge on any atom is 0.255 e. The Hall–Kier alpha value is -4.46. The maximum absolute atomic E-state index is 12.8. The molecule has 0 radical (unpaired) electrons. The summed E-state index contributed by atoms with van der Waals surface area (Å²) in [7, 11) is 0. The van der Waals surface area contributed by atoms with Crippen LogP contribution in [0.1, 0.15) is 15.9 Å². The van der Waals surface area contributed by atoms with Gasteiger partial charge in [-0.15, -0.1) is 0 Å². The number of hydrogen-bond donors (Lipinski definition) is 2. The fourth-order valence-electron chi connectivity index (χ4n) is 3.48. The number of rotatable bonds is 5. The molecule has 31 heavy (non-hydrogen) atoms. The molecule has 0 saturated heterocycles. The predicted octanol–water partition coefficient (Wildman–Crippen LogP) is 3.48. The summed E-state index contributed by atoms with van der Waals surface area (Å²) in [5, 5.41) is 11.5. The topological polar surface area (TPSA) is 103 Å². The van der Waals surface area contributed by atoms with E-state index in [-0.39, 0.29) is 5.91 Å². The molecule has 8 nitrogen and oxygen atoms in total. The van der Waals surface area contributed by atoms with E-state index in [2.05, 4.69) is 20.5 Å². The summed E-state index contributed by atoms with van der Waals surface area (Å²) >= 11 is 0. The van der Waals surface area contributed by atoms with Crippen LogP contribution in [-0.2, 0) is 6.54 Å². The second-order valence-corrected chi connectivity index (χ2v) is 7.11. The fraction of sp³-hybridized carbons (Fsp3) is 0.0435. The third-order valence-electron chi connectivity index (χ3n) is 4.98. The molecule has 3 aromatic heterocycles. The number of carbonyl (C=O) groups excluding carboxylic acids is 1. The van der Waals surface area contributed by atoms with Gasteiger partial charge in [-0.05, 0) is 29.8 Å². The average Bonchev–Trinajstić information content (AvgIpc) is 3.42. The molecule has 3 N–H and O–H groups in total. The van der Waals surface area contributed by atoms with Gasteiger partial charge in [0.2, 0.25) is 0 Å². The van der Waals surface area contributed by atoms with E-state index in [0.717, 1.165) is 22.3 Å². The SMILES string of the molecule is Nc1ncnn2c(-c3cccc(C(=O)Nc4cnn(Cc5ccccc5)c4)c3)ccc12. The van der Waals surface area contributed by atoms with Crippen LogP contribution in [0.2, 0.25) is 0 Å². The van der Waals surface area contributed by atoms with Crippen LogP contribution in [-0.4, -0.2) is 30.3 Å². The quantitative estimate of drug-likeness (QED) is 0.463. The third kappa shape index (κ3) is 3.74. The van der Waals surface area contributed by atoms with E-state index in [1.54, 1.807) is 21.5 Å². The molecule has 5 rings (SSSR count). The molecule has 0 unspecified atom stereocenters. The molecule has 3 heterocycles. The zero-order valence-electron chi connectivity index (χ0n) is 16.5. The number of nitrogens with one attached hydrogen (secondary N) is 1. The molecule has 0 bridgehead atoms. The van der Waals surface area contributed by atoms with E-state index < -0.39 is 0 Å². The molecule has 5 aromatic rings. The highest BCUT2D eigenvalue weighted by molar-refractivity contribution is 6.04. The molecule has 8 heteroatoms. The molecule has 0 aliphatic heterocycles. The van der Waals surface area contributed by atoms with Crippen LogP contribution < -0.4 is 11.1 Å². The second kappa shape index (κ2) is 7.75. The van der Waals surface area contributed by atoms with Gasteiger partial charge >= 0.3 is 0 Å². The number of carbonyl (C=O) groups is 1. The molecule has 0 fully saturated rings. The van der Waals surface area contributed by atoms with Crippen molar-refractivity contribution in [3.05, 3.63) is 96.6 Å². The molecule has 0 spiro atoms. The van der Waals surface area contributed by atoms with E-state index in [9.17, 15) is 4.79 Å². The zero-order valence-corrected chi connectivity index (χ0v) is 16.5. The Morgan fingerprint density at radius 1 is 1.00 bits per heavy atom. The van der Waals surface area contributed by atoms with Gasteiger partial charge < -0.3 is 11.1 Å².